The molecule has 86 valence electrons. The van der Waals surface area contributed by atoms with Crippen molar-refractivity contribution in [3.63, 3.8) is 0 Å². The average molecular weight is 272 g/mol. The summed E-state index contributed by atoms with van der Waals surface area (Å²) in [5.74, 6) is 0.0316. The normalized spacial score (nSPS) is 15.9. The predicted molar refractivity (Wildman–Crippen MR) is 57.4 cm³/mol. The smallest absolute Gasteiger partial charge is 0.326 e. The summed E-state index contributed by atoms with van der Waals surface area (Å²) in [5.41, 5.74) is 0. The first kappa shape index (κ1) is 12.5. The lowest BCUT2D eigenvalue weighted by Crippen LogP contribution is -2.11. The Labute approximate surface area is 93.0 Å². The molecule has 0 bridgehead atoms. The van der Waals surface area contributed by atoms with E-state index in [2.05, 4.69) is 8.75 Å². The van der Waals surface area contributed by atoms with Crippen LogP contribution in [0.25, 0.3) is 0 Å². The molecule has 15 heavy (non-hydrogen) atoms. The third-order valence-electron chi connectivity index (χ3n) is 1.66. The number of hydrogen-bond acceptors (Lipinski definition) is 4. The van der Waals surface area contributed by atoms with Crippen LogP contribution in [-0.4, -0.2) is 27.9 Å². The second-order valence-electron chi connectivity index (χ2n) is 2.74. The second kappa shape index (κ2) is 4.11. The summed E-state index contributed by atoms with van der Waals surface area (Å²) in [4.78, 5) is 3.81. The fourth-order valence-corrected chi connectivity index (χ4v) is 4.67. The fraction of sp³-hybridized carbons (Fsp3) is 0.500. The number of aryl methyl sites for hydroxylation is 1. The van der Waals surface area contributed by atoms with Gasteiger partial charge in [-0.1, -0.05) is 10.7 Å². The van der Waals surface area contributed by atoms with Crippen molar-refractivity contribution in [1.82, 2.24) is 9.55 Å². The lowest BCUT2D eigenvalue weighted by Gasteiger charge is -2.05. The minimum Gasteiger partial charge on any atom is -0.326 e. The number of nitrogens with zero attached hydrogens (tertiary/aromatic N) is 3. The number of aromatic nitrogens is 2. The van der Waals surface area contributed by atoms with Crippen LogP contribution < -0.4 is 0 Å². The molecule has 0 aliphatic carbocycles. The Bertz CT molecular complexity index is 568. The van der Waals surface area contributed by atoms with Crippen molar-refractivity contribution in [3.8, 4) is 0 Å². The Kier molecular flexibility index (Phi) is 3.41. The largest absolute Gasteiger partial charge is 0.347 e. The van der Waals surface area contributed by atoms with E-state index in [-0.39, 0.29) is 10.9 Å². The maximum Gasteiger partial charge on any atom is 0.347 e. The number of rotatable bonds is 3. The summed E-state index contributed by atoms with van der Waals surface area (Å²) < 4.78 is 38.3. The van der Waals surface area contributed by atoms with Crippen molar-refractivity contribution in [3.05, 3.63) is 12.4 Å². The van der Waals surface area contributed by atoms with E-state index in [4.69, 9.17) is 10.7 Å². The lowest BCUT2D eigenvalue weighted by atomic mass is 10.9. The average Bonchev–Trinajstić information content (AvgIpc) is 2.48. The van der Waals surface area contributed by atoms with Crippen LogP contribution in [0.15, 0.2) is 21.3 Å². The first-order chi connectivity index (χ1) is 6.78. The molecular formula is C6H10ClN3O3S2. The van der Waals surface area contributed by atoms with Gasteiger partial charge in [-0.3, -0.25) is 0 Å². The molecule has 0 saturated carbocycles. The summed E-state index contributed by atoms with van der Waals surface area (Å²) in [5, 5.41) is 0.106. The molecule has 9 heteroatoms. The molecule has 0 radical (unpaired) electrons. The molecule has 0 aromatic carbocycles. The summed E-state index contributed by atoms with van der Waals surface area (Å²) in [6.45, 7) is 1.56. The summed E-state index contributed by atoms with van der Waals surface area (Å²) in [6.07, 6.45) is 2.97. The Morgan fingerprint density at radius 3 is 2.47 bits per heavy atom. The topological polar surface area (TPSA) is 81.4 Å². The van der Waals surface area contributed by atoms with E-state index >= 15 is 0 Å². The van der Waals surface area contributed by atoms with Crippen molar-refractivity contribution < 1.29 is 12.6 Å². The maximum absolute atomic E-state index is 12.1. The summed E-state index contributed by atoms with van der Waals surface area (Å²) >= 11 is 0. The molecule has 1 rings (SSSR count). The quantitative estimate of drug-likeness (QED) is 0.760. The van der Waals surface area contributed by atoms with Crippen LogP contribution in [0.5, 0.6) is 0 Å². The Morgan fingerprint density at radius 2 is 2.13 bits per heavy atom. The molecule has 0 N–H and O–H groups in total. The van der Waals surface area contributed by atoms with E-state index in [1.165, 1.54) is 10.8 Å². The highest BCUT2D eigenvalue weighted by atomic mass is 35.7. The van der Waals surface area contributed by atoms with Crippen LogP contribution in [0, 0.1) is 0 Å². The molecule has 1 aromatic rings. The number of imidazole rings is 1. The zero-order chi connectivity index (χ0) is 11.7. The summed E-state index contributed by atoms with van der Waals surface area (Å²) in [7, 11) is -0.702. The number of halogens is 1. The fourth-order valence-electron chi connectivity index (χ4n) is 1.02. The van der Waals surface area contributed by atoms with E-state index < -0.39 is 19.0 Å². The van der Waals surface area contributed by atoms with E-state index in [0.29, 0.717) is 0 Å². The van der Waals surface area contributed by atoms with Gasteiger partial charge in [0.2, 0.25) is 5.16 Å². The third-order valence-corrected chi connectivity index (χ3v) is 5.59. The van der Waals surface area contributed by atoms with Crippen LogP contribution in [0.2, 0.25) is 0 Å². The van der Waals surface area contributed by atoms with Gasteiger partial charge >= 0.3 is 9.24 Å². The standard InChI is InChI=1S/C6H10ClN3O3S2/c1-3-14(11,9-15(7,12)13)6-8-4-5-10(6)2/h4-5H,3H2,1-2H3. The van der Waals surface area contributed by atoms with Gasteiger partial charge in [0.1, 0.15) is 9.73 Å². The highest BCUT2D eigenvalue weighted by molar-refractivity contribution is 8.17. The molecule has 0 aliphatic rings. The zero-order valence-corrected chi connectivity index (χ0v) is 10.5. The van der Waals surface area contributed by atoms with Crippen molar-refractivity contribution in [2.45, 2.75) is 12.1 Å². The Balaban J connectivity index is 3.51. The minimum atomic E-state index is -4.17. The van der Waals surface area contributed by atoms with E-state index in [1.807, 2.05) is 0 Å². The second-order valence-corrected chi connectivity index (χ2v) is 7.55. The van der Waals surface area contributed by atoms with Gasteiger partial charge in [0.15, 0.2) is 0 Å². The van der Waals surface area contributed by atoms with Gasteiger partial charge in [-0.25, -0.2) is 9.19 Å². The molecule has 1 atom stereocenters. The molecule has 1 aromatic heterocycles. The lowest BCUT2D eigenvalue weighted by molar-refractivity contribution is 0.610. The van der Waals surface area contributed by atoms with Crippen LogP contribution in [0.1, 0.15) is 6.92 Å². The number of hydrogen-bond donors (Lipinski definition) is 0. The highest BCUT2D eigenvalue weighted by Crippen LogP contribution is 2.14. The van der Waals surface area contributed by atoms with Crippen LogP contribution in [0.3, 0.4) is 0 Å². The Morgan fingerprint density at radius 1 is 1.53 bits per heavy atom. The minimum absolute atomic E-state index is 0.0316. The molecule has 0 aliphatic heterocycles. The van der Waals surface area contributed by atoms with Gasteiger partial charge in [0, 0.05) is 35.9 Å². The zero-order valence-electron chi connectivity index (χ0n) is 8.12. The molecule has 0 fully saturated rings. The third kappa shape index (κ3) is 2.93. The van der Waals surface area contributed by atoms with Crippen LogP contribution in [-0.2, 0) is 26.0 Å². The maximum atomic E-state index is 12.1. The van der Waals surface area contributed by atoms with Gasteiger partial charge in [-0.15, -0.1) is 0 Å². The van der Waals surface area contributed by atoms with Crippen molar-refractivity contribution in [2.75, 3.05) is 5.75 Å². The summed E-state index contributed by atoms with van der Waals surface area (Å²) in [6, 6.07) is 0. The first-order valence-electron chi connectivity index (χ1n) is 3.96. The molecule has 0 saturated heterocycles. The van der Waals surface area contributed by atoms with Gasteiger partial charge in [0.05, 0.1) is 0 Å². The molecule has 1 heterocycles. The molecule has 0 spiro atoms. The van der Waals surface area contributed by atoms with Gasteiger partial charge in [-0.2, -0.15) is 8.42 Å². The molecule has 6 nitrogen and oxygen atoms in total. The molecule has 1 unspecified atom stereocenters. The molecular weight excluding hydrogens is 262 g/mol. The van der Waals surface area contributed by atoms with Gasteiger partial charge in [-0.05, 0) is 0 Å². The molecule has 0 amide bonds. The van der Waals surface area contributed by atoms with Crippen LogP contribution >= 0.6 is 10.7 Å². The van der Waals surface area contributed by atoms with Gasteiger partial charge in [0.25, 0.3) is 0 Å². The monoisotopic (exact) mass is 271 g/mol. The van der Waals surface area contributed by atoms with Crippen molar-refractivity contribution >= 4 is 29.6 Å². The van der Waals surface area contributed by atoms with Crippen molar-refractivity contribution in [1.29, 1.82) is 0 Å². The SMILES string of the molecule is CCS(=O)(=NS(=O)(=O)Cl)c1nccn1C. The Hall–Kier alpha value is -0.600. The van der Waals surface area contributed by atoms with E-state index in [9.17, 15) is 12.6 Å². The van der Waals surface area contributed by atoms with Crippen LogP contribution in [0.4, 0.5) is 0 Å². The first-order valence-corrected chi connectivity index (χ1v) is 7.91. The predicted octanol–water partition coefficient (Wildman–Crippen LogP) is 0.751. The van der Waals surface area contributed by atoms with Gasteiger partial charge < -0.3 is 4.57 Å². The van der Waals surface area contributed by atoms with E-state index in [0.717, 1.165) is 0 Å². The van der Waals surface area contributed by atoms with E-state index in [1.54, 1.807) is 20.2 Å². The highest BCUT2D eigenvalue weighted by Gasteiger charge is 2.19. The van der Waals surface area contributed by atoms with Crippen molar-refractivity contribution in [2.24, 2.45) is 10.8 Å².